The van der Waals surface area contributed by atoms with Crippen molar-refractivity contribution in [3.05, 3.63) is 88.4 Å². The fourth-order valence-corrected chi connectivity index (χ4v) is 7.35. The van der Waals surface area contributed by atoms with Gasteiger partial charge in [0.25, 0.3) is 10.0 Å². The number of aryl methyl sites for hydroxylation is 2. The molecule has 1 fully saturated rings. The number of hydrogen-bond donors (Lipinski definition) is 1. The molecule has 0 spiro atoms. The molecule has 0 unspecified atom stereocenters. The van der Waals surface area contributed by atoms with Crippen LogP contribution in [-0.2, 0) is 26.2 Å². The largest absolute Gasteiger partial charge is 0.497 e. The number of hydrogen-bond acceptors (Lipinski definition) is 5. The summed E-state index contributed by atoms with van der Waals surface area (Å²) < 4.78 is 34.7. The molecular formula is C34H42ClN3O5S. The Morgan fingerprint density at radius 2 is 1.64 bits per heavy atom. The van der Waals surface area contributed by atoms with Crippen LogP contribution in [0, 0.1) is 13.8 Å². The molecule has 0 aromatic heterocycles. The first-order chi connectivity index (χ1) is 21.0. The normalized spacial score (nSPS) is 14.5. The number of anilines is 1. The quantitative estimate of drug-likeness (QED) is 0.247. The second-order valence-electron chi connectivity index (χ2n) is 11.4. The van der Waals surface area contributed by atoms with Crippen molar-refractivity contribution < 1.29 is 22.7 Å². The zero-order chi connectivity index (χ0) is 31.9. The summed E-state index contributed by atoms with van der Waals surface area (Å²) in [6.45, 7) is 5.12. The van der Waals surface area contributed by atoms with Gasteiger partial charge in [0.05, 0.1) is 17.7 Å². The molecule has 0 bridgehead atoms. The Morgan fingerprint density at radius 1 is 0.977 bits per heavy atom. The number of benzene rings is 3. The van der Waals surface area contributed by atoms with Crippen LogP contribution in [0.5, 0.6) is 5.75 Å². The third-order valence-electron chi connectivity index (χ3n) is 8.16. The minimum Gasteiger partial charge on any atom is -0.497 e. The number of carbonyl (C=O) groups is 2. The number of ether oxygens (including phenoxy) is 1. The number of halogens is 1. The fraction of sp³-hybridized carbons (Fsp3) is 0.412. The second kappa shape index (κ2) is 14.9. The number of methoxy groups -OCH3 is 1. The monoisotopic (exact) mass is 639 g/mol. The van der Waals surface area contributed by atoms with Crippen LogP contribution in [0.15, 0.2) is 71.6 Å². The van der Waals surface area contributed by atoms with E-state index in [-0.39, 0.29) is 23.4 Å². The van der Waals surface area contributed by atoms with Gasteiger partial charge in [0.15, 0.2) is 0 Å². The first-order valence-electron chi connectivity index (χ1n) is 15.1. The van der Waals surface area contributed by atoms with Gasteiger partial charge in [-0.15, -0.1) is 0 Å². The topological polar surface area (TPSA) is 96.0 Å². The molecule has 1 atom stereocenters. The van der Waals surface area contributed by atoms with Gasteiger partial charge in [-0.25, -0.2) is 8.42 Å². The van der Waals surface area contributed by atoms with Crippen LogP contribution in [0.4, 0.5) is 5.69 Å². The lowest BCUT2D eigenvalue weighted by atomic mass is 9.95. The van der Waals surface area contributed by atoms with E-state index in [4.69, 9.17) is 16.3 Å². The van der Waals surface area contributed by atoms with Gasteiger partial charge in [-0.2, -0.15) is 0 Å². The van der Waals surface area contributed by atoms with Crippen molar-refractivity contribution in [2.75, 3.05) is 18.0 Å². The minimum atomic E-state index is -4.17. The smallest absolute Gasteiger partial charge is 0.264 e. The Kier molecular flexibility index (Phi) is 11.3. The summed E-state index contributed by atoms with van der Waals surface area (Å²) in [5, 5.41) is 3.63. The molecule has 2 amide bonds. The van der Waals surface area contributed by atoms with E-state index in [1.807, 2.05) is 26.0 Å². The van der Waals surface area contributed by atoms with Gasteiger partial charge in [0.1, 0.15) is 18.3 Å². The van der Waals surface area contributed by atoms with Gasteiger partial charge in [-0.3, -0.25) is 13.9 Å². The van der Waals surface area contributed by atoms with Gasteiger partial charge < -0.3 is 15.0 Å². The predicted octanol–water partition coefficient (Wildman–Crippen LogP) is 6.42. The zero-order valence-electron chi connectivity index (χ0n) is 25.9. The summed E-state index contributed by atoms with van der Waals surface area (Å²) in [6, 6.07) is 18.0. The first kappa shape index (κ1) is 33.3. The van der Waals surface area contributed by atoms with Crippen molar-refractivity contribution >= 4 is 39.1 Å². The average Bonchev–Trinajstić information content (AvgIpc) is 3.01. The summed E-state index contributed by atoms with van der Waals surface area (Å²) in [5.41, 5.74) is 2.64. The van der Waals surface area contributed by atoms with E-state index in [0.717, 1.165) is 47.5 Å². The van der Waals surface area contributed by atoms with Crippen molar-refractivity contribution in [3.63, 3.8) is 0 Å². The SMILES string of the molecule is CC[C@@H](C(=O)NC1CCCCC1)N(Cc1ccc(OC)cc1)C(=O)CN(c1ccc(Cl)cc1C)S(=O)(=O)c1ccc(C)cc1. The summed E-state index contributed by atoms with van der Waals surface area (Å²) in [5.74, 6) is -0.0457. The van der Waals surface area contributed by atoms with Crippen LogP contribution in [-0.4, -0.2) is 50.9 Å². The van der Waals surface area contributed by atoms with E-state index >= 15 is 0 Å². The third-order valence-corrected chi connectivity index (χ3v) is 10.2. The molecule has 10 heteroatoms. The Hall–Kier alpha value is -3.56. The zero-order valence-corrected chi connectivity index (χ0v) is 27.5. The highest BCUT2D eigenvalue weighted by atomic mass is 35.5. The van der Waals surface area contributed by atoms with Gasteiger partial charge in [-0.05, 0) is 86.7 Å². The number of carbonyl (C=O) groups excluding carboxylic acids is 2. The van der Waals surface area contributed by atoms with Crippen LogP contribution < -0.4 is 14.4 Å². The molecule has 4 rings (SSSR count). The van der Waals surface area contributed by atoms with Crippen LogP contribution in [0.3, 0.4) is 0 Å². The number of amides is 2. The van der Waals surface area contributed by atoms with E-state index in [1.54, 1.807) is 56.5 Å². The fourth-order valence-electron chi connectivity index (χ4n) is 5.64. The molecule has 8 nitrogen and oxygen atoms in total. The van der Waals surface area contributed by atoms with E-state index in [2.05, 4.69) is 5.32 Å². The molecule has 1 aliphatic rings. The van der Waals surface area contributed by atoms with Crippen molar-refractivity contribution in [2.24, 2.45) is 0 Å². The summed E-state index contributed by atoms with van der Waals surface area (Å²) in [4.78, 5) is 29.6. The highest BCUT2D eigenvalue weighted by Gasteiger charge is 2.35. The van der Waals surface area contributed by atoms with Gasteiger partial charge in [0.2, 0.25) is 11.8 Å². The predicted molar refractivity (Wildman–Crippen MR) is 175 cm³/mol. The van der Waals surface area contributed by atoms with Crippen LogP contribution in [0.2, 0.25) is 5.02 Å². The summed E-state index contributed by atoms with van der Waals surface area (Å²) in [7, 11) is -2.59. The number of sulfonamides is 1. The molecule has 1 aliphatic carbocycles. The molecule has 1 saturated carbocycles. The molecule has 44 heavy (non-hydrogen) atoms. The highest BCUT2D eigenvalue weighted by Crippen LogP contribution is 2.30. The number of nitrogens with zero attached hydrogens (tertiary/aromatic N) is 2. The molecule has 3 aromatic carbocycles. The van der Waals surface area contributed by atoms with E-state index < -0.39 is 28.5 Å². The standard InChI is InChI=1S/C34H42ClN3O5S/c1-5-31(34(40)36-28-9-7-6-8-10-28)37(22-26-13-16-29(43-4)17-14-26)33(39)23-38(32-20-15-27(35)21-25(32)3)44(41,42)30-18-11-24(2)12-19-30/h11-21,28,31H,5-10,22-23H2,1-4H3,(H,36,40)/t31-/m0/s1. The number of nitrogens with one attached hydrogen (secondary N) is 1. The average molecular weight is 640 g/mol. The molecule has 1 N–H and O–H groups in total. The maximum atomic E-state index is 14.4. The highest BCUT2D eigenvalue weighted by molar-refractivity contribution is 7.92. The van der Waals surface area contributed by atoms with E-state index in [9.17, 15) is 18.0 Å². The lowest BCUT2D eigenvalue weighted by Crippen LogP contribution is -2.54. The number of rotatable bonds is 12. The molecule has 0 saturated heterocycles. The maximum absolute atomic E-state index is 14.4. The Balaban J connectivity index is 1.73. The molecular weight excluding hydrogens is 598 g/mol. The van der Waals surface area contributed by atoms with Crippen LogP contribution in [0.25, 0.3) is 0 Å². The van der Waals surface area contributed by atoms with Crippen molar-refractivity contribution in [3.8, 4) is 5.75 Å². The van der Waals surface area contributed by atoms with Crippen LogP contribution >= 0.6 is 11.6 Å². The van der Waals surface area contributed by atoms with Gasteiger partial charge >= 0.3 is 0 Å². The van der Waals surface area contributed by atoms with Crippen molar-refractivity contribution in [1.82, 2.24) is 10.2 Å². The second-order valence-corrected chi connectivity index (χ2v) is 13.7. The third kappa shape index (κ3) is 8.12. The summed E-state index contributed by atoms with van der Waals surface area (Å²) in [6.07, 6.45) is 5.46. The molecule has 236 valence electrons. The molecule has 0 radical (unpaired) electrons. The molecule has 0 aliphatic heterocycles. The maximum Gasteiger partial charge on any atom is 0.264 e. The van der Waals surface area contributed by atoms with E-state index in [1.165, 1.54) is 17.0 Å². The summed E-state index contributed by atoms with van der Waals surface area (Å²) >= 11 is 6.22. The van der Waals surface area contributed by atoms with Gasteiger partial charge in [-0.1, -0.05) is 67.6 Å². The van der Waals surface area contributed by atoms with Crippen LogP contribution in [0.1, 0.15) is 62.1 Å². The molecule has 3 aromatic rings. The Labute approximate surface area is 266 Å². The van der Waals surface area contributed by atoms with Crippen molar-refractivity contribution in [1.29, 1.82) is 0 Å². The first-order valence-corrected chi connectivity index (χ1v) is 16.9. The van der Waals surface area contributed by atoms with E-state index in [0.29, 0.717) is 28.4 Å². The minimum absolute atomic E-state index is 0.0639. The van der Waals surface area contributed by atoms with Gasteiger partial charge in [0, 0.05) is 17.6 Å². The molecule has 0 heterocycles. The lowest BCUT2D eigenvalue weighted by molar-refractivity contribution is -0.140. The Bertz CT molecular complexity index is 1540. The lowest BCUT2D eigenvalue weighted by Gasteiger charge is -2.34. The Morgan fingerprint density at radius 3 is 2.23 bits per heavy atom. The van der Waals surface area contributed by atoms with Crippen molar-refractivity contribution in [2.45, 2.75) is 82.8 Å².